The summed E-state index contributed by atoms with van der Waals surface area (Å²) in [6, 6.07) is 15.6. The van der Waals surface area contributed by atoms with Crippen LogP contribution in [0.1, 0.15) is 15.9 Å². The third kappa shape index (κ3) is 6.03. The van der Waals surface area contributed by atoms with E-state index >= 15 is 0 Å². The molecule has 3 aromatic carbocycles. The van der Waals surface area contributed by atoms with Gasteiger partial charge < -0.3 is 10.6 Å². The molecule has 0 aliphatic heterocycles. The van der Waals surface area contributed by atoms with Crippen LogP contribution in [-0.2, 0) is 4.79 Å². The average molecular weight is 546 g/mol. The lowest BCUT2D eigenvalue weighted by molar-refractivity contribution is -0.385. The van der Waals surface area contributed by atoms with E-state index in [1.807, 2.05) is 0 Å². The van der Waals surface area contributed by atoms with Gasteiger partial charge in [-0.15, -0.1) is 0 Å². The molecule has 0 radical (unpaired) electrons. The van der Waals surface area contributed by atoms with Gasteiger partial charge in [-0.2, -0.15) is 0 Å². The van der Waals surface area contributed by atoms with E-state index in [2.05, 4.69) is 26.6 Å². The quantitative estimate of drug-likeness (QED) is 0.233. The van der Waals surface area contributed by atoms with Gasteiger partial charge in [0.1, 0.15) is 10.7 Å². The minimum absolute atomic E-state index is 0.0567. The monoisotopic (exact) mass is 544 g/mol. The first-order valence-corrected chi connectivity index (χ1v) is 10.6. The Morgan fingerprint density at radius 2 is 1.68 bits per heavy atom. The van der Waals surface area contributed by atoms with Crippen molar-refractivity contribution in [2.45, 2.75) is 0 Å². The van der Waals surface area contributed by atoms with Crippen LogP contribution in [-0.4, -0.2) is 21.7 Å². The number of nitro benzene ring substituents is 2. The third-order valence-electron chi connectivity index (χ3n) is 4.40. The molecule has 0 bridgehead atoms. The summed E-state index contributed by atoms with van der Waals surface area (Å²) < 4.78 is 0.482. The highest BCUT2D eigenvalue weighted by Crippen LogP contribution is 2.27. The summed E-state index contributed by atoms with van der Waals surface area (Å²) in [4.78, 5) is 46.8. The number of hydrogen-bond acceptors (Lipinski definition) is 6. The Hall–Kier alpha value is -4.09. The number of rotatable bonds is 7. The van der Waals surface area contributed by atoms with E-state index in [4.69, 9.17) is 11.6 Å². The lowest BCUT2D eigenvalue weighted by Crippen LogP contribution is -2.31. The molecule has 0 aromatic heterocycles. The molecular formula is C22H14BrClN4O6. The molecule has 0 spiro atoms. The lowest BCUT2D eigenvalue weighted by atomic mass is 10.1. The van der Waals surface area contributed by atoms with Crippen LogP contribution in [0, 0.1) is 20.2 Å². The normalized spacial score (nSPS) is 10.9. The number of non-ortho nitro benzene ring substituents is 1. The molecule has 0 fully saturated rings. The molecule has 10 nitrogen and oxygen atoms in total. The molecule has 3 rings (SSSR count). The van der Waals surface area contributed by atoms with Crippen LogP contribution in [0.25, 0.3) is 6.08 Å². The van der Waals surface area contributed by atoms with Crippen molar-refractivity contribution in [2.24, 2.45) is 0 Å². The second-order valence-corrected chi connectivity index (χ2v) is 7.98. The topological polar surface area (TPSA) is 144 Å². The van der Waals surface area contributed by atoms with Crippen molar-refractivity contribution >= 4 is 62.5 Å². The number of carbonyl (C=O) groups excluding carboxylic acids is 2. The lowest BCUT2D eigenvalue weighted by Gasteiger charge is -2.12. The van der Waals surface area contributed by atoms with E-state index in [1.165, 1.54) is 48.5 Å². The number of nitrogens with zero attached hydrogens (tertiary/aromatic N) is 2. The zero-order chi connectivity index (χ0) is 24.8. The number of hydrogen-bond donors (Lipinski definition) is 2. The van der Waals surface area contributed by atoms with Crippen LogP contribution in [0.4, 0.5) is 17.1 Å². The Bertz CT molecular complexity index is 1340. The molecule has 0 heterocycles. The number of benzene rings is 3. The fourth-order valence-electron chi connectivity index (χ4n) is 2.82. The summed E-state index contributed by atoms with van der Waals surface area (Å²) in [6.45, 7) is 0. The van der Waals surface area contributed by atoms with Gasteiger partial charge >= 0.3 is 0 Å². The van der Waals surface area contributed by atoms with Crippen LogP contribution in [0.2, 0.25) is 5.02 Å². The third-order valence-corrected chi connectivity index (χ3v) is 5.42. The molecule has 0 saturated carbocycles. The molecule has 2 amide bonds. The van der Waals surface area contributed by atoms with E-state index in [0.717, 1.165) is 6.07 Å². The molecule has 2 N–H and O–H groups in total. The van der Waals surface area contributed by atoms with Crippen LogP contribution in [0.5, 0.6) is 0 Å². The van der Waals surface area contributed by atoms with Crippen LogP contribution < -0.4 is 10.6 Å². The second-order valence-electron chi connectivity index (χ2n) is 6.72. The highest BCUT2D eigenvalue weighted by Gasteiger charge is 2.19. The van der Waals surface area contributed by atoms with Crippen LogP contribution >= 0.6 is 27.5 Å². The molecule has 0 saturated heterocycles. The van der Waals surface area contributed by atoms with Gasteiger partial charge in [0.15, 0.2) is 0 Å². The van der Waals surface area contributed by atoms with Gasteiger partial charge in [-0.1, -0.05) is 35.9 Å². The molecule has 0 aliphatic rings. The van der Waals surface area contributed by atoms with Crippen molar-refractivity contribution in [3.63, 3.8) is 0 Å². The minimum atomic E-state index is -0.816. The smallest absolute Gasteiger partial charge is 0.289 e. The number of amides is 2. The van der Waals surface area contributed by atoms with Gasteiger partial charge in [0.05, 0.1) is 15.4 Å². The van der Waals surface area contributed by atoms with E-state index in [-0.39, 0.29) is 33.2 Å². The first kappa shape index (κ1) is 24.6. The first-order valence-electron chi connectivity index (χ1n) is 9.43. The predicted molar refractivity (Wildman–Crippen MR) is 129 cm³/mol. The van der Waals surface area contributed by atoms with Crippen molar-refractivity contribution in [1.82, 2.24) is 5.32 Å². The molecule has 0 atom stereocenters. The fraction of sp³-hybridized carbons (Fsp3) is 0. The number of halogens is 2. The maximum atomic E-state index is 13.0. The van der Waals surface area contributed by atoms with Crippen molar-refractivity contribution in [3.8, 4) is 0 Å². The summed E-state index contributed by atoms with van der Waals surface area (Å²) in [5.74, 6) is -1.44. The Labute approximate surface area is 205 Å². The van der Waals surface area contributed by atoms with E-state index in [0.29, 0.717) is 4.47 Å². The summed E-state index contributed by atoms with van der Waals surface area (Å²) in [7, 11) is 0. The van der Waals surface area contributed by atoms with Crippen molar-refractivity contribution in [1.29, 1.82) is 0 Å². The summed E-state index contributed by atoms with van der Waals surface area (Å²) in [5, 5.41) is 27.1. The molecule has 3 aromatic rings. The van der Waals surface area contributed by atoms with E-state index < -0.39 is 27.3 Å². The van der Waals surface area contributed by atoms with E-state index in [1.54, 1.807) is 18.2 Å². The molecule has 34 heavy (non-hydrogen) atoms. The number of carbonyl (C=O) groups is 2. The Kier molecular flexibility index (Phi) is 7.71. The van der Waals surface area contributed by atoms with Gasteiger partial charge in [0.2, 0.25) is 0 Å². The first-order chi connectivity index (χ1) is 16.2. The van der Waals surface area contributed by atoms with Crippen LogP contribution in [0.15, 0.2) is 76.9 Å². The zero-order valence-electron chi connectivity index (χ0n) is 17.0. The van der Waals surface area contributed by atoms with Gasteiger partial charge in [-0.25, -0.2) is 0 Å². The largest absolute Gasteiger partial charge is 0.320 e. The van der Waals surface area contributed by atoms with Crippen molar-refractivity contribution in [3.05, 3.63) is 113 Å². The predicted octanol–water partition coefficient (Wildman–Crippen LogP) is 5.33. The Morgan fingerprint density at radius 3 is 2.35 bits per heavy atom. The van der Waals surface area contributed by atoms with Crippen molar-refractivity contribution < 1.29 is 19.4 Å². The summed E-state index contributed by atoms with van der Waals surface area (Å²) in [6.07, 6.45) is 1.25. The van der Waals surface area contributed by atoms with Crippen LogP contribution in [0.3, 0.4) is 0 Å². The second kappa shape index (κ2) is 10.7. The fourth-order valence-corrected chi connectivity index (χ4v) is 3.47. The average Bonchev–Trinajstić information content (AvgIpc) is 2.80. The number of nitrogens with one attached hydrogen (secondary N) is 2. The van der Waals surface area contributed by atoms with E-state index in [9.17, 15) is 29.8 Å². The minimum Gasteiger partial charge on any atom is -0.320 e. The maximum absolute atomic E-state index is 13.0. The maximum Gasteiger partial charge on any atom is 0.289 e. The highest BCUT2D eigenvalue weighted by molar-refractivity contribution is 9.10. The van der Waals surface area contributed by atoms with Gasteiger partial charge in [0.25, 0.3) is 23.2 Å². The molecule has 0 aliphatic carbocycles. The van der Waals surface area contributed by atoms with Gasteiger partial charge in [-0.3, -0.25) is 29.8 Å². The van der Waals surface area contributed by atoms with Gasteiger partial charge in [0, 0.05) is 28.4 Å². The SMILES string of the molecule is O=C(Nc1ccc(Cl)c([N+](=O)[O-])c1)C(=Cc1cccc([N+](=O)[O-])c1)NC(=O)c1ccccc1Br. The number of anilines is 1. The Balaban J connectivity index is 1.98. The molecule has 0 unspecified atom stereocenters. The number of nitro groups is 2. The summed E-state index contributed by atoms with van der Waals surface area (Å²) >= 11 is 9.07. The zero-order valence-corrected chi connectivity index (χ0v) is 19.4. The standard InChI is InChI=1S/C22H14BrClN4O6/c23-17-7-2-1-6-16(17)21(29)26-19(11-13-4-3-5-15(10-13)27(31)32)22(30)25-14-8-9-18(24)20(12-14)28(33)34/h1-12H,(H,25,30)(H,26,29). The molecule has 172 valence electrons. The summed E-state index contributed by atoms with van der Waals surface area (Å²) in [5.41, 5.74) is -0.309. The van der Waals surface area contributed by atoms with Crippen molar-refractivity contribution in [2.75, 3.05) is 5.32 Å². The molecular weight excluding hydrogens is 532 g/mol. The molecule has 12 heteroatoms. The highest BCUT2D eigenvalue weighted by atomic mass is 79.9. The Morgan fingerprint density at radius 1 is 0.941 bits per heavy atom. The van der Waals surface area contributed by atoms with Gasteiger partial charge in [-0.05, 0) is 51.8 Å².